The van der Waals surface area contributed by atoms with Gasteiger partial charge in [0.15, 0.2) is 0 Å². The summed E-state index contributed by atoms with van der Waals surface area (Å²) in [6.45, 7) is 4.13. The monoisotopic (exact) mass is 236 g/mol. The van der Waals surface area contributed by atoms with Gasteiger partial charge in [-0.3, -0.25) is 4.79 Å². The van der Waals surface area contributed by atoms with Gasteiger partial charge in [-0.05, 0) is 18.1 Å². The molecule has 1 atom stereocenters. The lowest BCUT2D eigenvalue weighted by molar-refractivity contribution is -0.117. The Labute approximate surface area is 102 Å². The van der Waals surface area contributed by atoms with Gasteiger partial charge in [0.05, 0.1) is 12.8 Å². The summed E-state index contributed by atoms with van der Waals surface area (Å²) in [5.41, 5.74) is 6.92. The molecule has 0 fully saturated rings. The summed E-state index contributed by atoms with van der Waals surface area (Å²) in [6, 6.07) is 5.18. The molecule has 94 valence electrons. The van der Waals surface area contributed by atoms with Crippen molar-refractivity contribution in [3.8, 4) is 5.75 Å². The molecular weight excluding hydrogens is 216 g/mol. The Morgan fingerprint density at radius 1 is 1.53 bits per heavy atom. The summed E-state index contributed by atoms with van der Waals surface area (Å²) in [5, 5.41) is 2.83. The van der Waals surface area contributed by atoms with E-state index in [2.05, 4.69) is 19.2 Å². The zero-order valence-electron chi connectivity index (χ0n) is 10.6. The molecule has 0 saturated heterocycles. The number of anilines is 2. The van der Waals surface area contributed by atoms with Crippen LogP contribution in [-0.4, -0.2) is 13.0 Å². The Balaban J connectivity index is 2.71. The van der Waals surface area contributed by atoms with Crippen LogP contribution in [-0.2, 0) is 4.79 Å². The van der Waals surface area contributed by atoms with Crippen molar-refractivity contribution in [2.45, 2.75) is 26.7 Å². The lowest BCUT2D eigenvalue weighted by atomic mass is 10.1. The van der Waals surface area contributed by atoms with E-state index in [1.807, 2.05) is 0 Å². The average Bonchev–Trinajstić information content (AvgIpc) is 2.31. The van der Waals surface area contributed by atoms with E-state index in [1.165, 1.54) is 0 Å². The van der Waals surface area contributed by atoms with Crippen LogP contribution in [0.3, 0.4) is 0 Å². The number of nitrogen functional groups attached to an aromatic ring is 1. The number of nitrogens with two attached hydrogens (primary N) is 1. The Kier molecular flexibility index (Phi) is 4.82. The smallest absolute Gasteiger partial charge is 0.224 e. The lowest BCUT2D eigenvalue weighted by Gasteiger charge is -2.12. The third kappa shape index (κ3) is 3.98. The molecule has 1 amide bonds. The predicted octanol–water partition coefficient (Wildman–Crippen LogP) is 2.65. The van der Waals surface area contributed by atoms with Crippen LogP contribution in [0.1, 0.15) is 26.7 Å². The topological polar surface area (TPSA) is 64.4 Å². The van der Waals surface area contributed by atoms with Gasteiger partial charge < -0.3 is 15.8 Å². The number of nitrogens with one attached hydrogen (secondary N) is 1. The molecule has 0 spiro atoms. The molecule has 1 rings (SSSR count). The summed E-state index contributed by atoms with van der Waals surface area (Å²) in [6.07, 6.45) is 1.51. The first kappa shape index (κ1) is 13.4. The molecule has 0 aromatic heterocycles. The van der Waals surface area contributed by atoms with Crippen molar-refractivity contribution < 1.29 is 9.53 Å². The SMILES string of the molecule is CCC(C)CC(=O)Nc1ccc(N)cc1OC. The molecule has 0 bridgehead atoms. The standard InChI is InChI=1S/C13H20N2O2/c1-4-9(2)7-13(16)15-11-6-5-10(14)8-12(11)17-3/h5-6,8-9H,4,7,14H2,1-3H3,(H,15,16). The summed E-state index contributed by atoms with van der Waals surface area (Å²) in [4.78, 5) is 11.7. The van der Waals surface area contributed by atoms with E-state index in [1.54, 1.807) is 25.3 Å². The summed E-state index contributed by atoms with van der Waals surface area (Å²) in [5.74, 6) is 0.972. The molecule has 17 heavy (non-hydrogen) atoms. The van der Waals surface area contributed by atoms with E-state index < -0.39 is 0 Å². The number of rotatable bonds is 5. The van der Waals surface area contributed by atoms with Crippen molar-refractivity contribution in [1.29, 1.82) is 0 Å². The minimum Gasteiger partial charge on any atom is -0.494 e. The van der Waals surface area contributed by atoms with Gasteiger partial charge in [-0.15, -0.1) is 0 Å². The first-order valence-electron chi connectivity index (χ1n) is 5.80. The van der Waals surface area contributed by atoms with Crippen LogP contribution in [0.25, 0.3) is 0 Å². The maximum Gasteiger partial charge on any atom is 0.224 e. The molecule has 4 heteroatoms. The largest absolute Gasteiger partial charge is 0.494 e. The van der Waals surface area contributed by atoms with Crippen molar-refractivity contribution >= 4 is 17.3 Å². The summed E-state index contributed by atoms with van der Waals surface area (Å²) in [7, 11) is 1.55. The zero-order chi connectivity index (χ0) is 12.8. The number of hydrogen-bond acceptors (Lipinski definition) is 3. The quantitative estimate of drug-likeness (QED) is 0.772. The second-order valence-electron chi connectivity index (χ2n) is 4.23. The van der Waals surface area contributed by atoms with Gasteiger partial charge in [-0.25, -0.2) is 0 Å². The van der Waals surface area contributed by atoms with Crippen LogP contribution >= 0.6 is 0 Å². The maximum atomic E-state index is 11.7. The third-order valence-corrected chi connectivity index (χ3v) is 2.73. The molecule has 0 heterocycles. The number of amides is 1. The number of ether oxygens (including phenoxy) is 1. The first-order chi connectivity index (χ1) is 8.06. The van der Waals surface area contributed by atoms with Gasteiger partial charge in [0, 0.05) is 18.2 Å². The van der Waals surface area contributed by atoms with Gasteiger partial charge in [-0.1, -0.05) is 20.3 Å². The van der Waals surface area contributed by atoms with Gasteiger partial charge in [0.2, 0.25) is 5.91 Å². The van der Waals surface area contributed by atoms with Gasteiger partial charge in [0.1, 0.15) is 5.75 Å². The minimum atomic E-state index is 0.00224. The molecule has 4 nitrogen and oxygen atoms in total. The van der Waals surface area contributed by atoms with Crippen LogP contribution in [0.5, 0.6) is 5.75 Å². The highest BCUT2D eigenvalue weighted by atomic mass is 16.5. The third-order valence-electron chi connectivity index (χ3n) is 2.73. The highest BCUT2D eigenvalue weighted by Crippen LogP contribution is 2.26. The van der Waals surface area contributed by atoms with E-state index in [0.717, 1.165) is 6.42 Å². The van der Waals surface area contributed by atoms with Crippen LogP contribution in [0.4, 0.5) is 11.4 Å². The molecule has 0 radical (unpaired) electrons. The van der Waals surface area contributed by atoms with Crippen LogP contribution in [0, 0.1) is 5.92 Å². The number of carbonyl (C=O) groups is 1. The van der Waals surface area contributed by atoms with E-state index in [-0.39, 0.29) is 5.91 Å². The van der Waals surface area contributed by atoms with Crippen molar-refractivity contribution in [2.75, 3.05) is 18.2 Å². The molecular formula is C13H20N2O2. The Morgan fingerprint density at radius 3 is 2.82 bits per heavy atom. The van der Waals surface area contributed by atoms with Crippen LogP contribution < -0.4 is 15.8 Å². The zero-order valence-corrected chi connectivity index (χ0v) is 10.6. The first-order valence-corrected chi connectivity index (χ1v) is 5.80. The fraction of sp³-hybridized carbons (Fsp3) is 0.462. The number of methoxy groups -OCH3 is 1. The molecule has 0 aliphatic carbocycles. The fourth-order valence-electron chi connectivity index (χ4n) is 1.47. The highest BCUT2D eigenvalue weighted by molar-refractivity contribution is 5.92. The van der Waals surface area contributed by atoms with Crippen molar-refractivity contribution in [3.05, 3.63) is 18.2 Å². The van der Waals surface area contributed by atoms with E-state index in [4.69, 9.17) is 10.5 Å². The minimum absolute atomic E-state index is 0.00224. The highest BCUT2D eigenvalue weighted by Gasteiger charge is 2.10. The number of hydrogen-bond donors (Lipinski definition) is 2. The van der Waals surface area contributed by atoms with E-state index in [0.29, 0.717) is 29.5 Å². The van der Waals surface area contributed by atoms with Gasteiger partial charge in [0.25, 0.3) is 0 Å². The molecule has 1 aromatic rings. The van der Waals surface area contributed by atoms with Gasteiger partial charge >= 0.3 is 0 Å². The van der Waals surface area contributed by atoms with Crippen molar-refractivity contribution in [1.82, 2.24) is 0 Å². The van der Waals surface area contributed by atoms with Crippen molar-refractivity contribution in [3.63, 3.8) is 0 Å². The summed E-state index contributed by atoms with van der Waals surface area (Å²) < 4.78 is 5.16. The van der Waals surface area contributed by atoms with Gasteiger partial charge in [-0.2, -0.15) is 0 Å². The van der Waals surface area contributed by atoms with Crippen molar-refractivity contribution in [2.24, 2.45) is 5.92 Å². The Bertz CT molecular complexity index is 391. The molecule has 3 N–H and O–H groups in total. The Morgan fingerprint density at radius 2 is 2.24 bits per heavy atom. The van der Waals surface area contributed by atoms with Crippen LogP contribution in [0.2, 0.25) is 0 Å². The molecule has 1 aromatic carbocycles. The molecule has 0 aliphatic heterocycles. The van der Waals surface area contributed by atoms with Crippen LogP contribution in [0.15, 0.2) is 18.2 Å². The molecule has 1 unspecified atom stereocenters. The number of benzene rings is 1. The predicted molar refractivity (Wildman–Crippen MR) is 70.1 cm³/mol. The summed E-state index contributed by atoms with van der Waals surface area (Å²) >= 11 is 0. The normalized spacial score (nSPS) is 11.9. The van der Waals surface area contributed by atoms with E-state index >= 15 is 0 Å². The Hall–Kier alpha value is -1.71. The second kappa shape index (κ2) is 6.13. The average molecular weight is 236 g/mol. The fourth-order valence-corrected chi connectivity index (χ4v) is 1.47. The maximum absolute atomic E-state index is 11.7. The van der Waals surface area contributed by atoms with E-state index in [9.17, 15) is 4.79 Å². The molecule has 0 aliphatic rings. The lowest BCUT2D eigenvalue weighted by Crippen LogP contribution is -2.15. The molecule has 0 saturated carbocycles. The number of carbonyl (C=O) groups excluding carboxylic acids is 1. The second-order valence-corrected chi connectivity index (χ2v) is 4.23.